The number of hydrogen-bond acceptors (Lipinski definition) is 5. The minimum absolute atomic E-state index is 0.160. The summed E-state index contributed by atoms with van der Waals surface area (Å²) in [6.45, 7) is -0.183. The first-order chi connectivity index (χ1) is 8.04. The van der Waals surface area contributed by atoms with Crippen LogP contribution in [0.4, 0.5) is 4.79 Å². The van der Waals surface area contributed by atoms with Crippen LogP contribution >= 0.6 is 0 Å². The number of nitrogens with zero attached hydrogens (tertiary/aromatic N) is 1. The zero-order valence-corrected chi connectivity index (χ0v) is 9.04. The standard InChI is InChI=1S/C10H14N2O5/c13-4-5-3-6(9(16)8(5)15)12-2-1-7(14)11-10(12)17/h3,6,8-9,13,15-16H,1-2,4H2,(H,11,14,17)/t6-,8-,9+/m1/s1. The lowest BCUT2D eigenvalue weighted by atomic mass is 10.1. The summed E-state index contributed by atoms with van der Waals surface area (Å²) in [5.74, 6) is -0.356. The van der Waals surface area contributed by atoms with Crippen molar-refractivity contribution >= 4 is 11.9 Å². The molecule has 4 N–H and O–H groups in total. The van der Waals surface area contributed by atoms with Gasteiger partial charge < -0.3 is 20.2 Å². The number of carbonyl (C=O) groups excluding carboxylic acids is 2. The summed E-state index contributed by atoms with van der Waals surface area (Å²) in [6, 6.07) is -1.30. The predicted molar refractivity (Wildman–Crippen MR) is 55.8 cm³/mol. The van der Waals surface area contributed by atoms with Crippen LogP contribution in [0.1, 0.15) is 6.42 Å². The van der Waals surface area contributed by atoms with Crippen molar-refractivity contribution in [2.45, 2.75) is 24.7 Å². The average Bonchev–Trinajstić information content (AvgIpc) is 2.57. The smallest absolute Gasteiger partial charge is 0.324 e. The van der Waals surface area contributed by atoms with Crippen LogP contribution in [-0.2, 0) is 4.79 Å². The van der Waals surface area contributed by atoms with Crippen molar-refractivity contribution in [2.75, 3.05) is 13.2 Å². The summed E-state index contributed by atoms with van der Waals surface area (Å²) in [5.41, 5.74) is 0.284. The molecule has 3 amide bonds. The normalized spacial score (nSPS) is 33.7. The van der Waals surface area contributed by atoms with Gasteiger partial charge in [-0.3, -0.25) is 10.1 Å². The molecule has 2 rings (SSSR count). The Labute approximate surface area is 97.3 Å². The molecular weight excluding hydrogens is 228 g/mol. The molecule has 0 spiro atoms. The van der Waals surface area contributed by atoms with Crippen molar-refractivity contribution in [1.82, 2.24) is 10.2 Å². The van der Waals surface area contributed by atoms with Crippen molar-refractivity contribution in [3.8, 4) is 0 Å². The molecule has 2 aliphatic rings. The molecule has 1 heterocycles. The van der Waals surface area contributed by atoms with Gasteiger partial charge in [-0.2, -0.15) is 0 Å². The molecule has 7 heteroatoms. The van der Waals surface area contributed by atoms with Gasteiger partial charge in [-0.25, -0.2) is 4.79 Å². The van der Waals surface area contributed by atoms with Gasteiger partial charge in [-0.15, -0.1) is 0 Å². The predicted octanol–water partition coefficient (Wildman–Crippen LogP) is -2.05. The number of nitrogens with one attached hydrogen (secondary N) is 1. The summed E-state index contributed by atoms with van der Waals surface area (Å²) in [7, 11) is 0. The van der Waals surface area contributed by atoms with E-state index >= 15 is 0 Å². The van der Waals surface area contributed by atoms with Crippen molar-refractivity contribution in [3.63, 3.8) is 0 Å². The van der Waals surface area contributed by atoms with E-state index in [0.29, 0.717) is 0 Å². The van der Waals surface area contributed by atoms with Crippen LogP contribution in [0.15, 0.2) is 11.6 Å². The molecule has 3 atom stereocenters. The van der Waals surface area contributed by atoms with E-state index in [-0.39, 0.29) is 31.1 Å². The Bertz CT molecular complexity index is 381. The Hall–Kier alpha value is -1.44. The van der Waals surface area contributed by atoms with Crippen molar-refractivity contribution < 1.29 is 24.9 Å². The number of aliphatic hydroxyl groups excluding tert-OH is 3. The third-order valence-electron chi connectivity index (χ3n) is 3.07. The Morgan fingerprint density at radius 3 is 2.65 bits per heavy atom. The molecule has 0 saturated carbocycles. The maximum atomic E-state index is 11.5. The number of aliphatic hydroxyl groups is 3. The zero-order valence-electron chi connectivity index (χ0n) is 9.04. The SMILES string of the molecule is O=C1CCN([C@@H]2C=C(CO)[C@@H](O)[C@H]2O)C(=O)N1. The minimum Gasteiger partial charge on any atom is -0.392 e. The third kappa shape index (κ3) is 2.04. The van der Waals surface area contributed by atoms with Gasteiger partial charge in [-0.05, 0) is 5.57 Å². The van der Waals surface area contributed by atoms with Crippen molar-refractivity contribution in [3.05, 3.63) is 11.6 Å². The summed E-state index contributed by atoms with van der Waals surface area (Å²) in [4.78, 5) is 23.8. The van der Waals surface area contributed by atoms with E-state index in [4.69, 9.17) is 5.11 Å². The first-order valence-electron chi connectivity index (χ1n) is 5.32. The molecule has 1 aliphatic carbocycles. The second-order valence-corrected chi connectivity index (χ2v) is 4.12. The highest BCUT2D eigenvalue weighted by molar-refractivity contribution is 5.96. The lowest BCUT2D eigenvalue weighted by molar-refractivity contribution is -0.122. The number of urea groups is 1. The molecule has 0 aromatic carbocycles. The first kappa shape index (κ1) is 12.0. The van der Waals surface area contributed by atoms with E-state index in [2.05, 4.69) is 5.32 Å². The van der Waals surface area contributed by atoms with E-state index in [1.807, 2.05) is 0 Å². The lowest BCUT2D eigenvalue weighted by Gasteiger charge is -2.33. The highest BCUT2D eigenvalue weighted by Gasteiger charge is 2.40. The van der Waals surface area contributed by atoms with Gasteiger partial charge in [0.05, 0.1) is 12.6 Å². The van der Waals surface area contributed by atoms with Gasteiger partial charge in [0.2, 0.25) is 5.91 Å². The molecule has 0 aromatic heterocycles. The fraction of sp³-hybridized carbons (Fsp3) is 0.600. The Morgan fingerprint density at radius 2 is 2.12 bits per heavy atom. The number of rotatable bonds is 2. The second-order valence-electron chi connectivity index (χ2n) is 4.12. The largest absolute Gasteiger partial charge is 0.392 e. The Kier molecular flexibility index (Phi) is 3.14. The van der Waals surface area contributed by atoms with E-state index in [9.17, 15) is 19.8 Å². The average molecular weight is 242 g/mol. The van der Waals surface area contributed by atoms with E-state index in [1.165, 1.54) is 11.0 Å². The van der Waals surface area contributed by atoms with Crippen LogP contribution in [-0.4, -0.2) is 63.6 Å². The third-order valence-corrected chi connectivity index (χ3v) is 3.07. The van der Waals surface area contributed by atoms with E-state index in [1.54, 1.807) is 0 Å². The molecule has 7 nitrogen and oxygen atoms in total. The molecule has 0 unspecified atom stereocenters. The molecule has 17 heavy (non-hydrogen) atoms. The van der Waals surface area contributed by atoms with Gasteiger partial charge in [0, 0.05) is 13.0 Å². The molecule has 1 aliphatic heterocycles. The molecular formula is C10H14N2O5. The van der Waals surface area contributed by atoms with Crippen molar-refractivity contribution in [2.24, 2.45) is 0 Å². The molecule has 0 bridgehead atoms. The Balaban J connectivity index is 2.15. The van der Waals surface area contributed by atoms with Crippen LogP contribution in [0.25, 0.3) is 0 Å². The van der Waals surface area contributed by atoms with Crippen LogP contribution < -0.4 is 5.32 Å². The maximum absolute atomic E-state index is 11.5. The highest BCUT2D eigenvalue weighted by atomic mass is 16.3. The molecule has 94 valence electrons. The van der Waals surface area contributed by atoms with Crippen LogP contribution in [0.2, 0.25) is 0 Å². The van der Waals surface area contributed by atoms with Crippen LogP contribution in [0.5, 0.6) is 0 Å². The molecule has 0 radical (unpaired) electrons. The van der Waals surface area contributed by atoms with Crippen molar-refractivity contribution in [1.29, 1.82) is 0 Å². The van der Waals surface area contributed by atoms with E-state index in [0.717, 1.165) is 0 Å². The van der Waals surface area contributed by atoms with E-state index < -0.39 is 24.3 Å². The molecule has 1 fully saturated rings. The molecule has 1 saturated heterocycles. The summed E-state index contributed by atoms with van der Waals surface area (Å²) in [5, 5.41) is 30.5. The zero-order chi connectivity index (χ0) is 12.6. The topological polar surface area (TPSA) is 110 Å². The van der Waals surface area contributed by atoms with Gasteiger partial charge in [0.25, 0.3) is 0 Å². The monoisotopic (exact) mass is 242 g/mol. The summed E-state index contributed by atoms with van der Waals surface area (Å²) in [6.07, 6.45) is -0.718. The number of hydrogen-bond donors (Lipinski definition) is 4. The van der Waals surface area contributed by atoms with Gasteiger partial charge in [0.15, 0.2) is 0 Å². The van der Waals surface area contributed by atoms with Crippen LogP contribution in [0, 0.1) is 0 Å². The first-order valence-corrected chi connectivity index (χ1v) is 5.32. The fourth-order valence-electron chi connectivity index (χ4n) is 2.10. The minimum atomic E-state index is -1.17. The number of amides is 3. The molecule has 0 aromatic rings. The van der Waals surface area contributed by atoms with Gasteiger partial charge in [-0.1, -0.05) is 6.08 Å². The maximum Gasteiger partial charge on any atom is 0.324 e. The number of imide groups is 1. The summed E-state index contributed by atoms with van der Waals surface area (Å²) < 4.78 is 0. The number of carbonyl (C=O) groups is 2. The lowest BCUT2D eigenvalue weighted by Crippen LogP contribution is -2.56. The van der Waals surface area contributed by atoms with Crippen LogP contribution in [0.3, 0.4) is 0 Å². The summed E-state index contributed by atoms with van der Waals surface area (Å²) >= 11 is 0. The Morgan fingerprint density at radius 1 is 1.41 bits per heavy atom. The second kappa shape index (κ2) is 4.44. The highest BCUT2D eigenvalue weighted by Crippen LogP contribution is 2.25. The quantitative estimate of drug-likeness (QED) is 0.417. The van der Waals surface area contributed by atoms with Gasteiger partial charge in [0.1, 0.15) is 12.2 Å². The van der Waals surface area contributed by atoms with Gasteiger partial charge >= 0.3 is 6.03 Å². The fourth-order valence-corrected chi connectivity index (χ4v) is 2.10.